The maximum Gasteiger partial charge on any atom is 0.325 e. The quantitative estimate of drug-likeness (QED) is 0.520. The van der Waals surface area contributed by atoms with Gasteiger partial charge in [0, 0.05) is 10.9 Å². The van der Waals surface area contributed by atoms with Crippen molar-refractivity contribution in [3.8, 4) is 5.75 Å². The van der Waals surface area contributed by atoms with E-state index in [2.05, 4.69) is 10.3 Å². The lowest BCUT2D eigenvalue weighted by molar-refractivity contribution is -0.143. The molecule has 0 bridgehead atoms. The fraction of sp³-hybridized carbons (Fsp3) is 0.150. The third-order valence-electron chi connectivity index (χ3n) is 3.88. The van der Waals surface area contributed by atoms with Gasteiger partial charge in [0.15, 0.2) is 0 Å². The highest BCUT2D eigenvalue weighted by atomic mass is 35.5. The molecule has 1 aromatic heterocycles. The molecule has 0 unspecified atom stereocenters. The Kier molecular flexibility index (Phi) is 5.88. The SMILES string of the molecule is COc1ccccc1C(=O)NCC(=O)OCc1cc2ccccc2nc1Cl. The topological polar surface area (TPSA) is 77.5 Å². The molecule has 0 saturated carbocycles. The molecule has 0 aliphatic heterocycles. The summed E-state index contributed by atoms with van der Waals surface area (Å²) < 4.78 is 10.3. The number of aromatic nitrogens is 1. The predicted molar refractivity (Wildman–Crippen MR) is 102 cm³/mol. The van der Waals surface area contributed by atoms with E-state index in [1.54, 1.807) is 24.3 Å². The molecule has 3 rings (SSSR count). The van der Waals surface area contributed by atoms with Gasteiger partial charge in [0.2, 0.25) is 0 Å². The summed E-state index contributed by atoms with van der Waals surface area (Å²) in [5, 5.41) is 3.69. The number of carbonyl (C=O) groups is 2. The van der Waals surface area contributed by atoms with E-state index in [1.165, 1.54) is 7.11 Å². The van der Waals surface area contributed by atoms with Gasteiger partial charge in [-0.2, -0.15) is 0 Å². The van der Waals surface area contributed by atoms with Crippen LogP contribution in [0.4, 0.5) is 0 Å². The molecule has 0 radical (unpaired) electrons. The Balaban J connectivity index is 1.57. The Morgan fingerprint density at radius 3 is 2.67 bits per heavy atom. The molecular formula is C20H17ClN2O4. The van der Waals surface area contributed by atoms with Crippen LogP contribution in [0.3, 0.4) is 0 Å². The molecule has 2 aromatic carbocycles. The van der Waals surface area contributed by atoms with Gasteiger partial charge < -0.3 is 14.8 Å². The fourth-order valence-electron chi connectivity index (χ4n) is 2.53. The predicted octanol–water partition coefficient (Wildman–Crippen LogP) is 3.37. The number of benzene rings is 2. The molecule has 3 aromatic rings. The molecule has 0 spiro atoms. The number of fused-ring (bicyclic) bond motifs is 1. The molecule has 138 valence electrons. The first-order valence-corrected chi connectivity index (χ1v) is 8.57. The average molecular weight is 385 g/mol. The van der Waals surface area contributed by atoms with Crippen molar-refractivity contribution in [3.05, 3.63) is 70.9 Å². The maximum absolute atomic E-state index is 12.2. The molecular weight excluding hydrogens is 368 g/mol. The van der Waals surface area contributed by atoms with Crippen LogP contribution in [0.2, 0.25) is 5.15 Å². The second-order valence-corrected chi connectivity index (χ2v) is 6.03. The number of nitrogens with zero attached hydrogens (tertiary/aromatic N) is 1. The summed E-state index contributed by atoms with van der Waals surface area (Å²) in [7, 11) is 1.47. The van der Waals surface area contributed by atoms with Crippen LogP contribution in [0, 0.1) is 0 Å². The molecule has 1 amide bonds. The lowest BCUT2D eigenvalue weighted by Crippen LogP contribution is -2.30. The zero-order valence-electron chi connectivity index (χ0n) is 14.6. The molecule has 7 heteroatoms. The van der Waals surface area contributed by atoms with Crippen molar-refractivity contribution in [2.24, 2.45) is 0 Å². The first-order valence-electron chi connectivity index (χ1n) is 8.19. The summed E-state index contributed by atoms with van der Waals surface area (Å²) in [6.07, 6.45) is 0. The smallest absolute Gasteiger partial charge is 0.325 e. The maximum atomic E-state index is 12.2. The Hall–Kier alpha value is -3.12. The number of amides is 1. The summed E-state index contributed by atoms with van der Waals surface area (Å²) >= 11 is 6.14. The van der Waals surface area contributed by atoms with Crippen molar-refractivity contribution >= 4 is 34.4 Å². The number of halogens is 1. The highest BCUT2D eigenvalue weighted by Crippen LogP contribution is 2.21. The number of carbonyl (C=O) groups excluding carboxylic acids is 2. The van der Waals surface area contributed by atoms with E-state index in [9.17, 15) is 9.59 Å². The summed E-state index contributed by atoms with van der Waals surface area (Å²) in [4.78, 5) is 28.4. The molecule has 1 N–H and O–H groups in total. The number of rotatable bonds is 6. The van der Waals surface area contributed by atoms with Gasteiger partial charge in [-0.25, -0.2) is 4.98 Å². The summed E-state index contributed by atoms with van der Waals surface area (Å²) in [5.74, 6) is -0.574. The minimum absolute atomic E-state index is 0.0277. The van der Waals surface area contributed by atoms with Gasteiger partial charge in [-0.05, 0) is 24.3 Å². The fourth-order valence-corrected chi connectivity index (χ4v) is 2.73. The van der Waals surface area contributed by atoms with Crippen LogP contribution in [-0.2, 0) is 16.1 Å². The van der Waals surface area contributed by atoms with Gasteiger partial charge in [0.1, 0.15) is 24.1 Å². The third-order valence-corrected chi connectivity index (χ3v) is 4.21. The van der Waals surface area contributed by atoms with Crippen LogP contribution in [0.25, 0.3) is 10.9 Å². The van der Waals surface area contributed by atoms with Crippen LogP contribution in [0.15, 0.2) is 54.6 Å². The first kappa shape index (κ1) is 18.7. The summed E-state index contributed by atoms with van der Waals surface area (Å²) in [6, 6.07) is 16.1. The lowest BCUT2D eigenvalue weighted by Gasteiger charge is -2.10. The molecule has 0 atom stereocenters. The van der Waals surface area contributed by atoms with Crippen LogP contribution in [0.5, 0.6) is 5.75 Å². The number of ether oxygens (including phenoxy) is 2. The van der Waals surface area contributed by atoms with E-state index in [-0.39, 0.29) is 18.3 Å². The monoisotopic (exact) mass is 384 g/mol. The zero-order valence-corrected chi connectivity index (χ0v) is 15.3. The minimum Gasteiger partial charge on any atom is -0.496 e. The van der Waals surface area contributed by atoms with Crippen molar-refractivity contribution in [1.82, 2.24) is 10.3 Å². The second-order valence-electron chi connectivity index (χ2n) is 5.67. The van der Waals surface area contributed by atoms with Crippen molar-refractivity contribution < 1.29 is 19.1 Å². The van der Waals surface area contributed by atoms with Crippen molar-refractivity contribution in [3.63, 3.8) is 0 Å². The van der Waals surface area contributed by atoms with Gasteiger partial charge in [-0.3, -0.25) is 9.59 Å². The Labute approximate surface area is 161 Å². The summed E-state index contributed by atoms with van der Waals surface area (Å²) in [6.45, 7) is -0.296. The van der Waals surface area contributed by atoms with Crippen LogP contribution in [-0.4, -0.2) is 30.5 Å². The number of hydrogen-bond donors (Lipinski definition) is 1. The van der Waals surface area contributed by atoms with Crippen LogP contribution in [0.1, 0.15) is 15.9 Å². The van der Waals surface area contributed by atoms with Crippen molar-refractivity contribution in [2.45, 2.75) is 6.61 Å². The van der Waals surface area contributed by atoms with Crippen molar-refractivity contribution in [1.29, 1.82) is 0 Å². The van der Waals surface area contributed by atoms with E-state index in [0.29, 0.717) is 16.9 Å². The highest BCUT2D eigenvalue weighted by molar-refractivity contribution is 6.30. The summed E-state index contributed by atoms with van der Waals surface area (Å²) in [5.41, 5.74) is 1.70. The number of esters is 1. The normalized spacial score (nSPS) is 10.4. The third kappa shape index (κ3) is 4.54. The van der Waals surface area contributed by atoms with Gasteiger partial charge in [0.05, 0.1) is 18.2 Å². The highest BCUT2D eigenvalue weighted by Gasteiger charge is 2.14. The minimum atomic E-state index is -0.581. The number of nitrogens with one attached hydrogen (secondary N) is 1. The first-order chi connectivity index (χ1) is 13.1. The van der Waals surface area contributed by atoms with E-state index in [1.807, 2.05) is 30.3 Å². The van der Waals surface area contributed by atoms with Gasteiger partial charge in [-0.15, -0.1) is 0 Å². The molecule has 0 aliphatic rings. The molecule has 0 saturated heterocycles. The van der Waals surface area contributed by atoms with E-state index in [4.69, 9.17) is 21.1 Å². The number of para-hydroxylation sites is 2. The van der Waals surface area contributed by atoms with Gasteiger partial charge >= 0.3 is 5.97 Å². The number of pyridine rings is 1. The molecule has 6 nitrogen and oxygen atoms in total. The van der Waals surface area contributed by atoms with Crippen LogP contribution < -0.4 is 10.1 Å². The molecule has 0 aliphatic carbocycles. The van der Waals surface area contributed by atoms with E-state index >= 15 is 0 Å². The van der Waals surface area contributed by atoms with E-state index < -0.39 is 11.9 Å². The number of methoxy groups -OCH3 is 1. The van der Waals surface area contributed by atoms with Crippen LogP contribution >= 0.6 is 11.6 Å². The zero-order chi connectivity index (χ0) is 19.2. The number of hydrogen-bond acceptors (Lipinski definition) is 5. The van der Waals surface area contributed by atoms with Gasteiger partial charge in [-0.1, -0.05) is 41.9 Å². The lowest BCUT2D eigenvalue weighted by atomic mass is 10.2. The molecule has 0 fully saturated rings. The van der Waals surface area contributed by atoms with Crippen molar-refractivity contribution in [2.75, 3.05) is 13.7 Å². The van der Waals surface area contributed by atoms with Gasteiger partial charge in [0.25, 0.3) is 5.91 Å². The Morgan fingerprint density at radius 2 is 1.85 bits per heavy atom. The Bertz CT molecular complexity index is 991. The largest absolute Gasteiger partial charge is 0.496 e. The average Bonchev–Trinajstić information content (AvgIpc) is 2.70. The molecule has 27 heavy (non-hydrogen) atoms. The molecule has 1 heterocycles. The Morgan fingerprint density at radius 1 is 1.11 bits per heavy atom. The second kappa shape index (κ2) is 8.51. The standard InChI is InChI=1S/C20H17ClN2O4/c1-26-17-9-5-3-7-15(17)20(25)22-11-18(24)27-12-14-10-13-6-2-4-8-16(13)23-19(14)21/h2-10H,11-12H2,1H3,(H,22,25). The van der Waals surface area contributed by atoms with E-state index in [0.717, 1.165) is 10.9 Å².